The predicted molar refractivity (Wildman–Crippen MR) is 88.9 cm³/mol. The van der Waals surface area contributed by atoms with E-state index in [4.69, 9.17) is 0 Å². The summed E-state index contributed by atoms with van der Waals surface area (Å²) in [6.45, 7) is 9.45. The summed E-state index contributed by atoms with van der Waals surface area (Å²) in [5.41, 5.74) is -0.581. The quantitative estimate of drug-likeness (QED) is 0.533. The van der Waals surface area contributed by atoms with Gasteiger partial charge in [-0.3, -0.25) is 4.79 Å². The van der Waals surface area contributed by atoms with Crippen molar-refractivity contribution in [3.8, 4) is 0 Å². The minimum Gasteiger partial charge on any atom is -0.481 e. The minimum atomic E-state index is -1.27. The van der Waals surface area contributed by atoms with Gasteiger partial charge in [0.1, 0.15) is 5.41 Å². The van der Waals surface area contributed by atoms with Gasteiger partial charge in [0.2, 0.25) is 0 Å². The van der Waals surface area contributed by atoms with E-state index in [9.17, 15) is 19.8 Å². The van der Waals surface area contributed by atoms with Crippen molar-refractivity contribution in [1.29, 1.82) is 0 Å². The fraction of sp³-hybridized carbons (Fsp3) is 0.778. The van der Waals surface area contributed by atoms with E-state index >= 15 is 0 Å². The van der Waals surface area contributed by atoms with Crippen LogP contribution in [-0.2, 0) is 9.59 Å². The van der Waals surface area contributed by atoms with Crippen LogP contribution in [0.4, 0.5) is 0 Å². The van der Waals surface area contributed by atoms with Crippen LogP contribution in [0.3, 0.4) is 0 Å². The van der Waals surface area contributed by atoms with Crippen LogP contribution in [0.15, 0.2) is 11.1 Å². The fourth-order valence-electron chi connectivity index (χ4n) is 3.48. The Balaban J connectivity index is 6.15. The summed E-state index contributed by atoms with van der Waals surface area (Å²) < 4.78 is 0. The maximum absolute atomic E-state index is 12.2. The number of hydrogen-bond donors (Lipinski definition) is 2. The molecule has 2 unspecified atom stereocenters. The first-order valence-corrected chi connectivity index (χ1v) is 8.44. The lowest BCUT2D eigenvalue weighted by Gasteiger charge is -2.38. The third-order valence-electron chi connectivity index (χ3n) is 4.56. The van der Waals surface area contributed by atoms with Gasteiger partial charge in [0.25, 0.3) is 0 Å². The molecule has 2 N–H and O–H groups in total. The number of allylic oxidation sites excluding steroid dienone is 1. The molecule has 2 atom stereocenters. The van der Waals surface area contributed by atoms with E-state index in [2.05, 4.69) is 6.92 Å². The molecular formula is C18H32O4. The molecule has 0 bridgehead atoms. The highest BCUT2D eigenvalue weighted by molar-refractivity contribution is 5.97. The fourth-order valence-corrected chi connectivity index (χ4v) is 3.48. The molecule has 0 heterocycles. The summed E-state index contributed by atoms with van der Waals surface area (Å²) in [6, 6.07) is 0. The second-order valence-corrected chi connectivity index (χ2v) is 6.31. The van der Waals surface area contributed by atoms with Crippen LogP contribution in [-0.4, -0.2) is 22.2 Å². The normalized spacial score (nSPS) is 15.0. The van der Waals surface area contributed by atoms with Crippen molar-refractivity contribution >= 4 is 11.9 Å². The van der Waals surface area contributed by atoms with Crippen LogP contribution in [0.25, 0.3) is 0 Å². The van der Waals surface area contributed by atoms with Crippen LogP contribution in [0, 0.1) is 11.3 Å². The topological polar surface area (TPSA) is 74.6 Å². The Morgan fingerprint density at radius 1 is 1.00 bits per heavy atom. The van der Waals surface area contributed by atoms with Gasteiger partial charge in [0, 0.05) is 0 Å². The van der Waals surface area contributed by atoms with Gasteiger partial charge in [0.05, 0.1) is 5.57 Å². The van der Waals surface area contributed by atoms with Gasteiger partial charge in [-0.1, -0.05) is 58.4 Å². The molecule has 4 heteroatoms. The van der Waals surface area contributed by atoms with Crippen molar-refractivity contribution in [3.05, 3.63) is 11.1 Å². The smallest absolute Gasteiger partial charge is 0.332 e. The van der Waals surface area contributed by atoms with Gasteiger partial charge in [-0.05, 0) is 32.6 Å². The average Bonchev–Trinajstić information content (AvgIpc) is 2.43. The van der Waals surface area contributed by atoms with E-state index in [-0.39, 0.29) is 11.5 Å². The highest BCUT2D eigenvalue weighted by Crippen LogP contribution is 2.46. The Kier molecular flexibility index (Phi) is 9.07. The largest absolute Gasteiger partial charge is 0.481 e. The molecule has 0 saturated carbocycles. The maximum Gasteiger partial charge on any atom is 0.332 e. The minimum absolute atomic E-state index is 0.0939. The first-order chi connectivity index (χ1) is 10.3. The summed E-state index contributed by atoms with van der Waals surface area (Å²) in [6.07, 6.45) is 5.32. The number of carboxylic acid groups (broad SMARTS) is 2. The van der Waals surface area contributed by atoms with E-state index < -0.39 is 17.4 Å². The summed E-state index contributed by atoms with van der Waals surface area (Å²) in [7, 11) is 0. The molecule has 0 aliphatic rings. The van der Waals surface area contributed by atoms with Crippen LogP contribution in [0.1, 0.15) is 79.6 Å². The van der Waals surface area contributed by atoms with Gasteiger partial charge >= 0.3 is 11.9 Å². The third-order valence-corrected chi connectivity index (χ3v) is 4.56. The monoisotopic (exact) mass is 312 g/mol. The molecule has 0 fully saturated rings. The van der Waals surface area contributed by atoms with Crippen molar-refractivity contribution in [2.45, 2.75) is 79.6 Å². The molecule has 0 aliphatic carbocycles. The van der Waals surface area contributed by atoms with E-state index in [0.29, 0.717) is 18.4 Å². The first kappa shape index (κ1) is 20.7. The van der Waals surface area contributed by atoms with Crippen LogP contribution < -0.4 is 0 Å². The lowest BCUT2D eigenvalue weighted by molar-refractivity contribution is -0.154. The molecule has 0 aromatic rings. The van der Waals surface area contributed by atoms with Crippen molar-refractivity contribution < 1.29 is 19.8 Å². The van der Waals surface area contributed by atoms with E-state index in [1.165, 1.54) is 0 Å². The molecule has 0 aromatic heterocycles. The van der Waals surface area contributed by atoms with Gasteiger partial charge in [-0.25, -0.2) is 4.79 Å². The van der Waals surface area contributed by atoms with E-state index in [1.807, 2.05) is 13.8 Å². The second-order valence-electron chi connectivity index (χ2n) is 6.31. The van der Waals surface area contributed by atoms with Gasteiger partial charge in [0.15, 0.2) is 0 Å². The number of carbonyl (C=O) groups is 2. The van der Waals surface area contributed by atoms with Crippen LogP contribution in [0.2, 0.25) is 0 Å². The highest BCUT2D eigenvalue weighted by Gasteiger charge is 2.50. The number of unbranched alkanes of at least 4 members (excludes halogenated alkanes) is 2. The molecule has 0 saturated heterocycles. The Hall–Kier alpha value is -1.32. The van der Waals surface area contributed by atoms with Gasteiger partial charge in [-0.2, -0.15) is 0 Å². The molecular weight excluding hydrogens is 280 g/mol. The second kappa shape index (κ2) is 9.65. The summed E-state index contributed by atoms with van der Waals surface area (Å²) in [5.74, 6) is -2.21. The summed E-state index contributed by atoms with van der Waals surface area (Å²) in [4.78, 5) is 24.1. The molecule has 0 aromatic carbocycles. The Bertz CT molecular complexity index is 407. The molecule has 22 heavy (non-hydrogen) atoms. The number of hydrogen-bond acceptors (Lipinski definition) is 2. The van der Waals surface area contributed by atoms with Gasteiger partial charge in [-0.15, -0.1) is 0 Å². The lowest BCUT2D eigenvalue weighted by Crippen LogP contribution is -2.43. The standard InChI is InChI=1S/C18H32O4/c1-6-9-11-14(8-3)18(17(21)22,12-10-7-2)15(13(4)5)16(19)20/h14H,6-12H2,1-5H3,(H,19,20)(H,21,22). The Labute approximate surface area is 134 Å². The van der Waals surface area contributed by atoms with Crippen LogP contribution in [0.5, 0.6) is 0 Å². The number of aliphatic carboxylic acids is 2. The molecule has 0 radical (unpaired) electrons. The molecule has 0 spiro atoms. The van der Waals surface area contributed by atoms with Crippen molar-refractivity contribution in [1.82, 2.24) is 0 Å². The number of carboxylic acids is 2. The van der Waals surface area contributed by atoms with Crippen molar-refractivity contribution in [2.24, 2.45) is 11.3 Å². The molecule has 0 aliphatic heterocycles. The van der Waals surface area contributed by atoms with E-state index in [0.717, 1.165) is 32.1 Å². The van der Waals surface area contributed by atoms with Crippen molar-refractivity contribution in [3.63, 3.8) is 0 Å². The SMILES string of the molecule is CCCCC(CC)C(CCCC)(C(=O)O)C(C(=O)O)=C(C)C. The summed E-state index contributed by atoms with van der Waals surface area (Å²) >= 11 is 0. The Morgan fingerprint density at radius 2 is 1.55 bits per heavy atom. The number of rotatable bonds is 11. The zero-order valence-corrected chi connectivity index (χ0v) is 14.7. The summed E-state index contributed by atoms with van der Waals surface area (Å²) in [5, 5.41) is 19.7. The molecule has 0 amide bonds. The Morgan fingerprint density at radius 3 is 1.86 bits per heavy atom. The molecule has 0 rings (SSSR count). The van der Waals surface area contributed by atoms with E-state index in [1.54, 1.807) is 13.8 Å². The molecule has 128 valence electrons. The zero-order chi connectivity index (χ0) is 17.3. The lowest BCUT2D eigenvalue weighted by atomic mass is 9.63. The van der Waals surface area contributed by atoms with Crippen molar-refractivity contribution in [2.75, 3.05) is 0 Å². The van der Waals surface area contributed by atoms with Gasteiger partial charge < -0.3 is 10.2 Å². The first-order valence-electron chi connectivity index (χ1n) is 8.44. The zero-order valence-electron chi connectivity index (χ0n) is 14.7. The predicted octanol–water partition coefficient (Wildman–Crippen LogP) is 4.89. The molecule has 4 nitrogen and oxygen atoms in total. The maximum atomic E-state index is 12.2. The highest BCUT2D eigenvalue weighted by atomic mass is 16.4. The average molecular weight is 312 g/mol. The van der Waals surface area contributed by atoms with Crippen LogP contribution >= 0.6 is 0 Å². The third kappa shape index (κ3) is 4.59.